The summed E-state index contributed by atoms with van der Waals surface area (Å²) in [6.45, 7) is 18.1. The quantitative estimate of drug-likeness (QED) is 0.500. The Hall–Kier alpha value is -1.96. The fraction of sp³-hybridized carbons (Fsp3) is 0.818. The summed E-state index contributed by atoms with van der Waals surface area (Å²) in [5.41, 5.74) is 5.89. The van der Waals surface area contributed by atoms with Gasteiger partial charge in [-0.05, 0) is 40.0 Å². The monoisotopic (exact) mass is 425 g/mol. The summed E-state index contributed by atoms with van der Waals surface area (Å²) in [7, 11) is 0. The molecule has 0 aliphatic rings. The van der Waals surface area contributed by atoms with Crippen LogP contribution in [0.2, 0.25) is 0 Å². The van der Waals surface area contributed by atoms with E-state index < -0.39 is 0 Å². The van der Waals surface area contributed by atoms with Crippen LogP contribution in [-0.2, 0) is 25.3 Å². The highest BCUT2D eigenvalue weighted by Gasteiger charge is 2.30. The summed E-state index contributed by atoms with van der Waals surface area (Å²) >= 11 is 0. The Bertz CT molecular complexity index is 640. The highest BCUT2D eigenvalue weighted by atomic mass is 16.5. The van der Waals surface area contributed by atoms with Crippen molar-refractivity contribution >= 4 is 11.8 Å². The van der Waals surface area contributed by atoms with Crippen molar-refractivity contribution in [2.45, 2.75) is 92.0 Å². The number of carbonyl (C=O) groups is 2. The molecule has 1 rings (SSSR count). The van der Waals surface area contributed by atoms with Crippen LogP contribution in [-0.4, -0.2) is 46.6 Å². The fourth-order valence-corrected chi connectivity index (χ4v) is 2.85. The molecule has 0 saturated heterocycles. The van der Waals surface area contributed by atoms with Crippen LogP contribution in [0.5, 0.6) is 0 Å². The zero-order valence-electron chi connectivity index (χ0n) is 20.2. The molecule has 1 atom stereocenters. The van der Waals surface area contributed by atoms with Gasteiger partial charge in [0.05, 0.1) is 11.2 Å². The lowest BCUT2D eigenvalue weighted by molar-refractivity contribution is -0.122. The normalized spacial score (nSPS) is 12.7. The molecule has 0 aliphatic carbocycles. The van der Waals surface area contributed by atoms with E-state index >= 15 is 0 Å². The summed E-state index contributed by atoms with van der Waals surface area (Å²) in [5, 5.41) is 11.3. The van der Waals surface area contributed by atoms with Gasteiger partial charge < -0.3 is 15.8 Å². The topological polar surface area (TPSA) is 112 Å². The van der Waals surface area contributed by atoms with E-state index in [0.29, 0.717) is 13.0 Å². The highest BCUT2D eigenvalue weighted by molar-refractivity contribution is 5.76. The van der Waals surface area contributed by atoms with Crippen molar-refractivity contribution in [2.24, 2.45) is 11.7 Å². The van der Waals surface area contributed by atoms with Gasteiger partial charge in [-0.1, -0.05) is 39.3 Å². The van der Waals surface area contributed by atoms with E-state index in [1.807, 2.05) is 38.6 Å². The molecule has 30 heavy (non-hydrogen) atoms. The van der Waals surface area contributed by atoms with Gasteiger partial charge >= 0.3 is 0 Å². The SMILES string of the molecule is CCCCNC(C)=O.CCOCCC(C)(C)c1cn(C(C)(C)CC(C)C(N)=O)nn1. The first-order chi connectivity index (χ1) is 13.9. The number of aromatic nitrogens is 3. The molecule has 0 radical (unpaired) electrons. The van der Waals surface area contributed by atoms with Crippen molar-refractivity contribution < 1.29 is 14.3 Å². The lowest BCUT2D eigenvalue weighted by atomic mass is 9.86. The van der Waals surface area contributed by atoms with Gasteiger partial charge in [-0.3, -0.25) is 9.59 Å². The second-order valence-corrected chi connectivity index (χ2v) is 9.04. The Labute approximate surface area is 182 Å². The van der Waals surface area contributed by atoms with Gasteiger partial charge in [0, 0.05) is 44.2 Å². The summed E-state index contributed by atoms with van der Waals surface area (Å²) < 4.78 is 7.28. The molecule has 1 aromatic heterocycles. The average molecular weight is 426 g/mol. The Morgan fingerprint density at radius 2 is 1.90 bits per heavy atom. The first-order valence-electron chi connectivity index (χ1n) is 10.9. The minimum atomic E-state index is -0.310. The van der Waals surface area contributed by atoms with Gasteiger partial charge in [0.1, 0.15) is 0 Å². The Morgan fingerprint density at radius 3 is 2.40 bits per heavy atom. The smallest absolute Gasteiger partial charge is 0.220 e. The Balaban J connectivity index is 0.000000890. The lowest BCUT2D eigenvalue weighted by Gasteiger charge is -2.27. The summed E-state index contributed by atoms with van der Waals surface area (Å²) in [6, 6.07) is 0. The molecule has 0 bridgehead atoms. The number of hydrogen-bond acceptors (Lipinski definition) is 5. The van der Waals surface area contributed by atoms with Crippen LogP contribution in [0.15, 0.2) is 6.20 Å². The third-order valence-corrected chi connectivity index (χ3v) is 5.08. The van der Waals surface area contributed by atoms with E-state index in [4.69, 9.17) is 10.5 Å². The molecular formula is C22H43N5O3. The van der Waals surface area contributed by atoms with Crippen molar-refractivity contribution in [3.63, 3.8) is 0 Å². The number of unbranched alkanes of at least 4 members (excludes halogenated alkanes) is 1. The van der Waals surface area contributed by atoms with Crippen molar-refractivity contribution in [3.05, 3.63) is 11.9 Å². The Morgan fingerprint density at radius 1 is 1.27 bits per heavy atom. The molecule has 1 unspecified atom stereocenters. The number of hydrogen-bond donors (Lipinski definition) is 2. The minimum Gasteiger partial charge on any atom is -0.382 e. The van der Waals surface area contributed by atoms with Crippen molar-refractivity contribution in [1.29, 1.82) is 0 Å². The number of nitrogens with two attached hydrogens (primary N) is 1. The van der Waals surface area contributed by atoms with Gasteiger partial charge in [0.25, 0.3) is 0 Å². The van der Waals surface area contributed by atoms with E-state index in [2.05, 4.69) is 36.4 Å². The third-order valence-electron chi connectivity index (χ3n) is 5.08. The zero-order valence-corrected chi connectivity index (χ0v) is 20.2. The number of primary amides is 1. The molecule has 1 aromatic rings. The minimum absolute atomic E-state index is 0.0680. The van der Waals surface area contributed by atoms with Crippen LogP contribution in [0.1, 0.15) is 86.8 Å². The van der Waals surface area contributed by atoms with Crippen molar-refractivity contribution in [1.82, 2.24) is 20.3 Å². The number of rotatable bonds is 12. The molecule has 0 fully saturated rings. The van der Waals surface area contributed by atoms with Crippen LogP contribution in [0.4, 0.5) is 0 Å². The van der Waals surface area contributed by atoms with Crippen molar-refractivity contribution in [3.8, 4) is 0 Å². The maximum Gasteiger partial charge on any atom is 0.220 e. The molecule has 8 heteroatoms. The van der Waals surface area contributed by atoms with Crippen LogP contribution >= 0.6 is 0 Å². The summed E-state index contributed by atoms with van der Waals surface area (Å²) in [5.74, 6) is -0.419. The standard InChI is InChI=1S/C16H30N4O2.C6H13NO/c1-7-22-9-8-15(3,4)13-11-20(19-18-13)16(5,6)10-12(2)14(17)21;1-3-4-5-7-6(2)8/h11-12H,7-10H2,1-6H3,(H2,17,21);3-5H2,1-2H3,(H,7,8). The fourth-order valence-electron chi connectivity index (χ4n) is 2.85. The van der Waals surface area contributed by atoms with Gasteiger partial charge in [0.15, 0.2) is 0 Å². The van der Waals surface area contributed by atoms with E-state index in [1.165, 1.54) is 6.92 Å². The molecule has 3 N–H and O–H groups in total. The van der Waals surface area contributed by atoms with Gasteiger partial charge in [-0.25, -0.2) is 4.68 Å². The number of ether oxygens (including phenoxy) is 1. The summed E-state index contributed by atoms with van der Waals surface area (Å²) in [6.07, 6.45) is 5.71. The van der Waals surface area contributed by atoms with Gasteiger partial charge in [-0.15, -0.1) is 5.10 Å². The third kappa shape index (κ3) is 10.7. The average Bonchev–Trinajstić information content (AvgIpc) is 3.14. The van der Waals surface area contributed by atoms with Gasteiger partial charge in [-0.2, -0.15) is 0 Å². The number of nitrogens with one attached hydrogen (secondary N) is 1. The maximum atomic E-state index is 11.3. The molecule has 2 amide bonds. The van der Waals surface area contributed by atoms with E-state index in [0.717, 1.165) is 38.1 Å². The van der Waals surface area contributed by atoms with Crippen LogP contribution in [0, 0.1) is 5.92 Å². The molecule has 8 nitrogen and oxygen atoms in total. The van der Waals surface area contributed by atoms with Crippen molar-refractivity contribution in [2.75, 3.05) is 19.8 Å². The summed E-state index contributed by atoms with van der Waals surface area (Å²) in [4.78, 5) is 21.5. The first-order valence-corrected chi connectivity index (χ1v) is 10.9. The van der Waals surface area contributed by atoms with Crippen LogP contribution < -0.4 is 11.1 Å². The van der Waals surface area contributed by atoms with Crippen LogP contribution in [0.3, 0.4) is 0 Å². The van der Waals surface area contributed by atoms with Crippen LogP contribution in [0.25, 0.3) is 0 Å². The van der Waals surface area contributed by atoms with E-state index in [1.54, 1.807) is 0 Å². The predicted molar refractivity (Wildman–Crippen MR) is 120 cm³/mol. The number of amides is 2. The molecule has 0 aromatic carbocycles. The molecule has 1 heterocycles. The Kier molecular flexibility index (Phi) is 12.5. The largest absolute Gasteiger partial charge is 0.382 e. The lowest BCUT2D eigenvalue weighted by Crippen LogP contribution is -2.33. The highest BCUT2D eigenvalue weighted by Crippen LogP contribution is 2.28. The number of nitrogens with zero attached hydrogens (tertiary/aromatic N) is 3. The first kappa shape index (κ1) is 28.0. The van der Waals surface area contributed by atoms with Gasteiger partial charge in [0.2, 0.25) is 11.8 Å². The second kappa shape index (κ2) is 13.4. The predicted octanol–water partition coefficient (Wildman–Crippen LogP) is 3.15. The van der Waals surface area contributed by atoms with E-state index in [-0.39, 0.29) is 28.7 Å². The maximum absolute atomic E-state index is 11.3. The number of carbonyl (C=O) groups excluding carboxylic acids is 2. The van der Waals surface area contributed by atoms with E-state index in [9.17, 15) is 9.59 Å². The zero-order chi connectivity index (χ0) is 23.4. The molecule has 0 saturated carbocycles. The molecule has 0 aliphatic heterocycles. The molecular weight excluding hydrogens is 382 g/mol. The second-order valence-electron chi connectivity index (χ2n) is 9.04. The molecule has 0 spiro atoms. The molecule has 174 valence electrons.